The minimum atomic E-state index is -0.122. The summed E-state index contributed by atoms with van der Waals surface area (Å²) in [6, 6.07) is 0. The maximum Gasteiger partial charge on any atom is 0.0667 e. The SMILES string of the molecule is CCC(CC)(CN)CN1CCCC(O)C1. The molecule has 3 heteroatoms. The number of rotatable bonds is 5. The van der Waals surface area contributed by atoms with Crippen molar-refractivity contribution in [2.45, 2.75) is 45.6 Å². The lowest BCUT2D eigenvalue weighted by Gasteiger charge is -2.39. The Morgan fingerprint density at radius 3 is 2.53 bits per heavy atom. The Kier molecular flexibility index (Phi) is 5.03. The van der Waals surface area contributed by atoms with Crippen LogP contribution in [0.2, 0.25) is 0 Å². The van der Waals surface area contributed by atoms with E-state index < -0.39 is 0 Å². The van der Waals surface area contributed by atoms with Crippen molar-refractivity contribution in [1.29, 1.82) is 0 Å². The van der Waals surface area contributed by atoms with Crippen LogP contribution in [-0.4, -0.2) is 42.3 Å². The smallest absolute Gasteiger partial charge is 0.0667 e. The van der Waals surface area contributed by atoms with E-state index in [-0.39, 0.29) is 11.5 Å². The van der Waals surface area contributed by atoms with Gasteiger partial charge in [0.05, 0.1) is 6.10 Å². The highest BCUT2D eigenvalue weighted by molar-refractivity contribution is 4.84. The molecule has 0 bridgehead atoms. The van der Waals surface area contributed by atoms with Crippen molar-refractivity contribution in [3.8, 4) is 0 Å². The fourth-order valence-corrected chi connectivity index (χ4v) is 2.48. The number of piperidine rings is 1. The predicted molar refractivity (Wildman–Crippen MR) is 63.8 cm³/mol. The first-order valence-electron chi connectivity index (χ1n) is 6.26. The van der Waals surface area contributed by atoms with E-state index in [1.165, 1.54) is 0 Å². The second kappa shape index (κ2) is 5.83. The van der Waals surface area contributed by atoms with E-state index in [4.69, 9.17) is 5.73 Å². The average Bonchev–Trinajstić information content (AvgIpc) is 2.26. The van der Waals surface area contributed by atoms with Gasteiger partial charge in [0.25, 0.3) is 0 Å². The highest BCUT2D eigenvalue weighted by Crippen LogP contribution is 2.27. The molecule has 1 atom stereocenters. The molecule has 1 fully saturated rings. The van der Waals surface area contributed by atoms with E-state index in [9.17, 15) is 5.11 Å². The molecule has 1 aliphatic rings. The Morgan fingerprint density at radius 2 is 2.07 bits per heavy atom. The van der Waals surface area contributed by atoms with Gasteiger partial charge in [-0.1, -0.05) is 13.8 Å². The molecule has 1 heterocycles. The van der Waals surface area contributed by atoms with Gasteiger partial charge in [-0.25, -0.2) is 0 Å². The van der Waals surface area contributed by atoms with Gasteiger partial charge in [0.1, 0.15) is 0 Å². The average molecular weight is 214 g/mol. The van der Waals surface area contributed by atoms with Gasteiger partial charge in [0, 0.05) is 13.1 Å². The molecule has 0 aromatic rings. The van der Waals surface area contributed by atoms with Crippen LogP contribution in [0.5, 0.6) is 0 Å². The van der Waals surface area contributed by atoms with Crippen LogP contribution in [0.1, 0.15) is 39.5 Å². The number of hydrogen-bond acceptors (Lipinski definition) is 3. The van der Waals surface area contributed by atoms with Crippen molar-refractivity contribution in [2.24, 2.45) is 11.1 Å². The molecule has 1 aliphatic heterocycles. The quantitative estimate of drug-likeness (QED) is 0.723. The van der Waals surface area contributed by atoms with E-state index in [1.54, 1.807) is 0 Å². The number of nitrogens with zero attached hydrogens (tertiary/aromatic N) is 1. The zero-order valence-corrected chi connectivity index (χ0v) is 10.2. The lowest BCUT2D eigenvalue weighted by Crippen LogP contribution is -2.47. The number of hydrogen-bond donors (Lipinski definition) is 2. The van der Waals surface area contributed by atoms with E-state index in [0.29, 0.717) is 0 Å². The normalized spacial score (nSPS) is 24.4. The van der Waals surface area contributed by atoms with E-state index >= 15 is 0 Å². The van der Waals surface area contributed by atoms with E-state index in [1.807, 2.05) is 0 Å². The Hall–Kier alpha value is -0.120. The van der Waals surface area contributed by atoms with Crippen LogP contribution in [0.15, 0.2) is 0 Å². The second-order valence-electron chi connectivity index (χ2n) is 4.94. The Bertz CT molecular complexity index is 172. The summed E-state index contributed by atoms with van der Waals surface area (Å²) in [6.45, 7) is 8.20. The summed E-state index contributed by atoms with van der Waals surface area (Å²) in [7, 11) is 0. The fourth-order valence-electron chi connectivity index (χ4n) is 2.48. The van der Waals surface area contributed by atoms with Gasteiger partial charge in [-0.3, -0.25) is 0 Å². The molecule has 0 aliphatic carbocycles. The first kappa shape index (κ1) is 12.9. The van der Waals surface area contributed by atoms with Gasteiger partial charge in [0.15, 0.2) is 0 Å². The van der Waals surface area contributed by atoms with Gasteiger partial charge in [-0.15, -0.1) is 0 Å². The number of nitrogens with two attached hydrogens (primary N) is 1. The number of aliphatic hydroxyl groups is 1. The molecular formula is C12H26N2O. The molecule has 3 N–H and O–H groups in total. The van der Waals surface area contributed by atoms with Gasteiger partial charge in [-0.2, -0.15) is 0 Å². The molecular weight excluding hydrogens is 188 g/mol. The summed E-state index contributed by atoms with van der Waals surface area (Å²) < 4.78 is 0. The van der Waals surface area contributed by atoms with Crippen LogP contribution in [-0.2, 0) is 0 Å². The van der Waals surface area contributed by atoms with Crippen molar-refractivity contribution in [2.75, 3.05) is 26.2 Å². The fraction of sp³-hybridized carbons (Fsp3) is 1.00. The molecule has 1 rings (SSSR count). The van der Waals surface area contributed by atoms with Crippen molar-refractivity contribution in [3.05, 3.63) is 0 Å². The van der Waals surface area contributed by atoms with Crippen LogP contribution in [0.3, 0.4) is 0 Å². The molecule has 0 radical (unpaired) electrons. The lowest BCUT2D eigenvalue weighted by molar-refractivity contribution is 0.0422. The summed E-state index contributed by atoms with van der Waals surface area (Å²) in [4.78, 5) is 2.38. The molecule has 0 spiro atoms. The monoisotopic (exact) mass is 214 g/mol. The number of aliphatic hydroxyl groups excluding tert-OH is 1. The molecule has 3 nitrogen and oxygen atoms in total. The Labute approximate surface area is 93.6 Å². The van der Waals surface area contributed by atoms with Crippen LogP contribution in [0, 0.1) is 5.41 Å². The van der Waals surface area contributed by atoms with Crippen molar-refractivity contribution in [3.63, 3.8) is 0 Å². The topological polar surface area (TPSA) is 49.5 Å². The lowest BCUT2D eigenvalue weighted by atomic mass is 9.81. The third kappa shape index (κ3) is 3.44. The van der Waals surface area contributed by atoms with E-state index in [0.717, 1.165) is 51.9 Å². The predicted octanol–water partition coefficient (Wildman–Crippen LogP) is 1.21. The summed E-state index contributed by atoms with van der Waals surface area (Å²) in [5, 5.41) is 9.62. The van der Waals surface area contributed by atoms with Crippen LogP contribution in [0.25, 0.3) is 0 Å². The summed E-state index contributed by atoms with van der Waals surface area (Å²) in [6.07, 6.45) is 4.22. The largest absolute Gasteiger partial charge is 0.392 e. The summed E-state index contributed by atoms with van der Waals surface area (Å²) in [5.41, 5.74) is 6.15. The Morgan fingerprint density at radius 1 is 1.40 bits per heavy atom. The molecule has 15 heavy (non-hydrogen) atoms. The minimum absolute atomic E-state index is 0.122. The minimum Gasteiger partial charge on any atom is -0.392 e. The Balaban J connectivity index is 2.49. The summed E-state index contributed by atoms with van der Waals surface area (Å²) >= 11 is 0. The van der Waals surface area contributed by atoms with Crippen LogP contribution >= 0.6 is 0 Å². The molecule has 1 unspecified atom stereocenters. The van der Waals surface area contributed by atoms with E-state index in [2.05, 4.69) is 18.7 Å². The number of β-amino-alcohol motifs (C(OH)–C–C–N with tert-alkyl or cyclic N) is 1. The third-order valence-electron chi connectivity index (χ3n) is 3.97. The van der Waals surface area contributed by atoms with Gasteiger partial charge >= 0.3 is 0 Å². The van der Waals surface area contributed by atoms with Gasteiger partial charge in [0.2, 0.25) is 0 Å². The zero-order valence-electron chi connectivity index (χ0n) is 10.2. The maximum absolute atomic E-state index is 9.62. The number of likely N-dealkylation sites (tertiary alicyclic amines) is 1. The van der Waals surface area contributed by atoms with Gasteiger partial charge < -0.3 is 15.7 Å². The standard InChI is InChI=1S/C12H26N2O/c1-3-12(4-2,9-13)10-14-7-5-6-11(15)8-14/h11,15H,3-10,13H2,1-2H3. The van der Waals surface area contributed by atoms with Crippen LogP contribution in [0.4, 0.5) is 0 Å². The van der Waals surface area contributed by atoms with Crippen LogP contribution < -0.4 is 5.73 Å². The molecule has 1 saturated heterocycles. The molecule has 0 saturated carbocycles. The van der Waals surface area contributed by atoms with Gasteiger partial charge in [-0.05, 0) is 44.2 Å². The highest BCUT2D eigenvalue weighted by Gasteiger charge is 2.29. The first-order valence-corrected chi connectivity index (χ1v) is 6.26. The van der Waals surface area contributed by atoms with Crippen molar-refractivity contribution < 1.29 is 5.11 Å². The summed E-state index contributed by atoms with van der Waals surface area (Å²) in [5.74, 6) is 0. The third-order valence-corrected chi connectivity index (χ3v) is 3.97. The molecule has 0 aromatic heterocycles. The molecule has 0 aromatic carbocycles. The zero-order chi connectivity index (χ0) is 11.3. The van der Waals surface area contributed by atoms with Crippen molar-refractivity contribution in [1.82, 2.24) is 4.90 Å². The molecule has 0 amide bonds. The maximum atomic E-state index is 9.62. The van der Waals surface area contributed by atoms with Crippen molar-refractivity contribution >= 4 is 0 Å². The highest BCUT2D eigenvalue weighted by atomic mass is 16.3. The molecule has 90 valence electrons. The second-order valence-corrected chi connectivity index (χ2v) is 4.94. The first-order chi connectivity index (χ1) is 7.15.